The van der Waals surface area contributed by atoms with Crippen LogP contribution in [0, 0.1) is 6.92 Å². The number of benzene rings is 1. The number of anilines is 2. The SMILES string of the molecule is CCC1CCCCN1c1nc(C)cc(C(=O)N2c3ccccc3CC2C)n1. The number of fused-ring (bicyclic) bond motifs is 1. The summed E-state index contributed by atoms with van der Waals surface area (Å²) < 4.78 is 0. The van der Waals surface area contributed by atoms with E-state index in [0.29, 0.717) is 17.7 Å². The third kappa shape index (κ3) is 3.31. The van der Waals surface area contributed by atoms with Crippen molar-refractivity contribution in [2.45, 2.75) is 65.0 Å². The monoisotopic (exact) mass is 364 g/mol. The molecular weight excluding hydrogens is 336 g/mol. The summed E-state index contributed by atoms with van der Waals surface area (Å²) in [6.07, 6.45) is 5.57. The van der Waals surface area contributed by atoms with Gasteiger partial charge in [0.1, 0.15) is 5.69 Å². The van der Waals surface area contributed by atoms with E-state index in [1.165, 1.54) is 18.4 Å². The van der Waals surface area contributed by atoms with Crippen LogP contribution in [0.3, 0.4) is 0 Å². The molecule has 2 aromatic rings. The molecule has 2 aliphatic heterocycles. The minimum atomic E-state index is -0.0238. The average Bonchev–Trinajstić information content (AvgIpc) is 3.02. The molecule has 2 atom stereocenters. The standard InChI is InChI=1S/C22H28N4O/c1-4-18-10-7-8-12-25(18)22-23-15(2)13-19(24-22)21(27)26-16(3)14-17-9-5-6-11-20(17)26/h5-6,9,11,13,16,18H,4,7-8,10,12,14H2,1-3H3. The van der Waals surface area contributed by atoms with Gasteiger partial charge in [-0.2, -0.15) is 0 Å². The fraction of sp³-hybridized carbons (Fsp3) is 0.500. The lowest BCUT2D eigenvalue weighted by atomic mass is 10.0. The Morgan fingerprint density at radius 3 is 2.85 bits per heavy atom. The van der Waals surface area contributed by atoms with Crippen LogP contribution in [0.25, 0.3) is 0 Å². The minimum absolute atomic E-state index is 0.0238. The Morgan fingerprint density at radius 1 is 1.22 bits per heavy atom. The van der Waals surface area contributed by atoms with Gasteiger partial charge in [-0.05, 0) is 63.6 Å². The van der Waals surface area contributed by atoms with Crippen molar-refractivity contribution in [3.05, 3.63) is 47.3 Å². The highest BCUT2D eigenvalue weighted by Gasteiger charge is 2.33. The number of piperidine rings is 1. The molecule has 3 heterocycles. The van der Waals surface area contributed by atoms with Crippen LogP contribution >= 0.6 is 0 Å². The summed E-state index contributed by atoms with van der Waals surface area (Å²) in [5.74, 6) is 0.689. The van der Waals surface area contributed by atoms with Gasteiger partial charge in [-0.3, -0.25) is 4.79 Å². The lowest BCUT2D eigenvalue weighted by Crippen LogP contribution is -2.41. The highest BCUT2D eigenvalue weighted by atomic mass is 16.2. The van der Waals surface area contributed by atoms with E-state index in [0.717, 1.165) is 37.2 Å². The van der Waals surface area contributed by atoms with Gasteiger partial charge in [0, 0.05) is 30.0 Å². The molecule has 0 radical (unpaired) electrons. The number of aryl methyl sites for hydroxylation is 1. The van der Waals surface area contributed by atoms with Gasteiger partial charge in [0.05, 0.1) is 0 Å². The zero-order valence-electron chi connectivity index (χ0n) is 16.5. The van der Waals surface area contributed by atoms with E-state index in [4.69, 9.17) is 4.98 Å². The van der Waals surface area contributed by atoms with E-state index < -0.39 is 0 Å². The van der Waals surface area contributed by atoms with Crippen LogP contribution in [0.4, 0.5) is 11.6 Å². The van der Waals surface area contributed by atoms with E-state index in [2.05, 4.69) is 29.8 Å². The number of hydrogen-bond donors (Lipinski definition) is 0. The van der Waals surface area contributed by atoms with Crippen LogP contribution in [0.5, 0.6) is 0 Å². The first-order chi connectivity index (χ1) is 13.1. The lowest BCUT2D eigenvalue weighted by molar-refractivity contribution is 0.0976. The normalized spacial score (nSPS) is 22.0. The molecule has 2 aliphatic rings. The molecular formula is C22H28N4O. The molecule has 0 spiro atoms. The fourth-order valence-corrected chi connectivity index (χ4v) is 4.48. The number of para-hydroxylation sites is 1. The van der Waals surface area contributed by atoms with Gasteiger partial charge in [-0.15, -0.1) is 0 Å². The number of rotatable bonds is 3. The smallest absolute Gasteiger partial charge is 0.277 e. The van der Waals surface area contributed by atoms with Crippen molar-refractivity contribution >= 4 is 17.5 Å². The zero-order chi connectivity index (χ0) is 19.0. The molecule has 4 rings (SSSR count). The van der Waals surface area contributed by atoms with E-state index in [1.54, 1.807) is 0 Å². The Balaban J connectivity index is 1.68. The second-order valence-electron chi connectivity index (χ2n) is 7.80. The number of carbonyl (C=O) groups excluding carboxylic acids is 1. The van der Waals surface area contributed by atoms with E-state index in [1.807, 2.05) is 36.1 Å². The Kier molecular flexibility index (Phi) is 4.85. The van der Waals surface area contributed by atoms with E-state index >= 15 is 0 Å². The van der Waals surface area contributed by atoms with Crippen LogP contribution in [0.2, 0.25) is 0 Å². The number of nitrogens with zero attached hydrogens (tertiary/aromatic N) is 4. The molecule has 0 saturated carbocycles. The summed E-state index contributed by atoms with van der Waals surface area (Å²) in [7, 11) is 0. The van der Waals surface area contributed by atoms with Gasteiger partial charge < -0.3 is 9.80 Å². The summed E-state index contributed by atoms with van der Waals surface area (Å²) in [4.78, 5) is 27.0. The summed E-state index contributed by atoms with van der Waals surface area (Å²) in [6.45, 7) is 7.24. The second kappa shape index (κ2) is 7.29. The number of amides is 1. The van der Waals surface area contributed by atoms with Crippen LogP contribution in [-0.4, -0.2) is 34.5 Å². The number of hydrogen-bond acceptors (Lipinski definition) is 4. The zero-order valence-corrected chi connectivity index (χ0v) is 16.5. The van der Waals surface area contributed by atoms with Crippen molar-refractivity contribution in [1.82, 2.24) is 9.97 Å². The van der Waals surface area contributed by atoms with Crippen LogP contribution in [-0.2, 0) is 6.42 Å². The first kappa shape index (κ1) is 18.0. The van der Waals surface area contributed by atoms with Crippen LogP contribution in [0.1, 0.15) is 61.3 Å². The summed E-state index contributed by atoms with van der Waals surface area (Å²) in [5.41, 5.74) is 3.59. The van der Waals surface area contributed by atoms with Gasteiger partial charge in [0.2, 0.25) is 5.95 Å². The quantitative estimate of drug-likeness (QED) is 0.821. The van der Waals surface area contributed by atoms with Gasteiger partial charge >= 0.3 is 0 Å². The maximum atomic E-state index is 13.4. The van der Waals surface area contributed by atoms with Crippen LogP contribution < -0.4 is 9.80 Å². The summed E-state index contributed by atoms with van der Waals surface area (Å²) in [5, 5.41) is 0. The minimum Gasteiger partial charge on any atom is -0.338 e. The molecule has 1 aromatic carbocycles. The van der Waals surface area contributed by atoms with Crippen LogP contribution in [0.15, 0.2) is 30.3 Å². The predicted molar refractivity (Wildman–Crippen MR) is 108 cm³/mol. The number of aromatic nitrogens is 2. The summed E-state index contributed by atoms with van der Waals surface area (Å²) >= 11 is 0. The lowest BCUT2D eigenvalue weighted by Gasteiger charge is -2.35. The molecule has 0 aliphatic carbocycles. The molecule has 27 heavy (non-hydrogen) atoms. The molecule has 5 nitrogen and oxygen atoms in total. The Morgan fingerprint density at radius 2 is 2.04 bits per heavy atom. The molecule has 1 aromatic heterocycles. The van der Waals surface area contributed by atoms with Crippen molar-refractivity contribution in [2.24, 2.45) is 0 Å². The molecule has 1 fully saturated rings. The maximum absolute atomic E-state index is 13.4. The Hall–Kier alpha value is -2.43. The molecule has 2 unspecified atom stereocenters. The predicted octanol–water partition coefficient (Wildman–Crippen LogP) is 4.15. The third-order valence-corrected chi connectivity index (χ3v) is 5.84. The summed E-state index contributed by atoms with van der Waals surface area (Å²) in [6, 6.07) is 10.6. The Bertz CT molecular complexity index is 850. The van der Waals surface area contributed by atoms with Crippen molar-refractivity contribution < 1.29 is 4.79 Å². The molecule has 1 saturated heterocycles. The fourth-order valence-electron chi connectivity index (χ4n) is 4.48. The van der Waals surface area contributed by atoms with Crippen molar-refractivity contribution in [2.75, 3.05) is 16.3 Å². The first-order valence-corrected chi connectivity index (χ1v) is 10.1. The molecule has 142 valence electrons. The van der Waals surface area contributed by atoms with E-state index in [9.17, 15) is 4.79 Å². The van der Waals surface area contributed by atoms with Gasteiger partial charge in [0.15, 0.2) is 0 Å². The van der Waals surface area contributed by atoms with Gasteiger partial charge in [-0.1, -0.05) is 25.1 Å². The molecule has 0 N–H and O–H groups in total. The second-order valence-corrected chi connectivity index (χ2v) is 7.80. The largest absolute Gasteiger partial charge is 0.338 e. The first-order valence-electron chi connectivity index (χ1n) is 10.1. The maximum Gasteiger partial charge on any atom is 0.277 e. The van der Waals surface area contributed by atoms with Gasteiger partial charge in [0.25, 0.3) is 5.91 Å². The molecule has 5 heteroatoms. The topological polar surface area (TPSA) is 49.3 Å². The average molecular weight is 364 g/mol. The highest BCUT2D eigenvalue weighted by Crippen LogP contribution is 2.33. The van der Waals surface area contributed by atoms with Crippen molar-refractivity contribution in [3.8, 4) is 0 Å². The Labute approximate surface area is 161 Å². The highest BCUT2D eigenvalue weighted by molar-refractivity contribution is 6.06. The molecule has 0 bridgehead atoms. The van der Waals surface area contributed by atoms with Crippen molar-refractivity contribution in [1.29, 1.82) is 0 Å². The van der Waals surface area contributed by atoms with E-state index in [-0.39, 0.29) is 11.9 Å². The third-order valence-electron chi connectivity index (χ3n) is 5.84. The number of carbonyl (C=O) groups is 1. The van der Waals surface area contributed by atoms with Gasteiger partial charge in [-0.25, -0.2) is 9.97 Å². The molecule has 1 amide bonds. The van der Waals surface area contributed by atoms with Crippen molar-refractivity contribution in [3.63, 3.8) is 0 Å².